The lowest BCUT2D eigenvalue weighted by atomic mass is 10.2. The molecule has 2 rings (SSSR count). The van der Waals surface area contributed by atoms with Crippen LogP contribution in [-0.4, -0.2) is 24.1 Å². The maximum atomic E-state index is 13.2. The molecule has 1 aromatic carbocycles. The summed E-state index contributed by atoms with van der Waals surface area (Å²) in [4.78, 5) is 8.30. The molecule has 112 valence electrons. The van der Waals surface area contributed by atoms with Crippen molar-refractivity contribution in [2.45, 2.75) is 6.18 Å². The van der Waals surface area contributed by atoms with E-state index < -0.39 is 23.4 Å². The van der Waals surface area contributed by atoms with Crippen molar-refractivity contribution in [3.8, 4) is 6.01 Å². The highest BCUT2D eigenvalue weighted by molar-refractivity contribution is 5.62. The van der Waals surface area contributed by atoms with Crippen LogP contribution in [0.5, 0.6) is 6.01 Å². The third-order valence-corrected chi connectivity index (χ3v) is 2.75. The highest BCUT2D eigenvalue weighted by Gasteiger charge is 2.36. The van der Waals surface area contributed by atoms with Gasteiger partial charge < -0.3 is 9.64 Å². The largest absolute Gasteiger partial charge is 0.467 e. The van der Waals surface area contributed by atoms with Gasteiger partial charge in [0.05, 0.1) is 7.11 Å². The summed E-state index contributed by atoms with van der Waals surface area (Å²) in [6.45, 7) is 0. The van der Waals surface area contributed by atoms with Crippen LogP contribution in [0.4, 0.5) is 29.1 Å². The number of rotatable bonds is 3. The zero-order chi connectivity index (χ0) is 15.6. The maximum Gasteiger partial charge on any atom is 0.421 e. The van der Waals surface area contributed by atoms with E-state index in [1.807, 2.05) is 0 Å². The Kier molecular flexibility index (Phi) is 3.97. The molecule has 0 amide bonds. The lowest BCUT2D eigenvalue weighted by molar-refractivity contribution is -0.137. The Bertz CT molecular complexity index is 646. The molecule has 0 bridgehead atoms. The first kappa shape index (κ1) is 15.0. The lowest BCUT2D eigenvalue weighted by Gasteiger charge is -2.22. The second-order valence-electron chi connectivity index (χ2n) is 4.13. The molecule has 0 unspecified atom stereocenters. The van der Waals surface area contributed by atoms with Crippen LogP contribution < -0.4 is 9.64 Å². The van der Waals surface area contributed by atoms with Gasteiger partial charge >= 0.3 is 12.2 Å². The summed E-state index contributed by atoms with van der Waals surface area (Å²) in [6.07, 6.45) is -4.00. The molecule has 0 N–H and O–H groups in total. The molecule has 21 heavy (non-hydrogen) atoms. The number of hydrogen-bond donors (Lipinski definition) is 0. The first-order valence-corrected chi connectivity index (χ1v) is 5.80. The summed E-state index contributed by atoms with van der Waals surface area (Å²) in [7, 11) is 2.60. The van der Waals surface area contributed by atoms with Crippen molar-refractivity contribution in [3.05, 3.63) is 41.8 Å². The van der Waals surface area contributed by atoms with Gasteiger partial charge in [0, 0.05) is 18.9 Å². The fourth-order valence-electron chi connectivity index (χ4n) is 1.72. The van der Waals surface area contributed by atoms with Gasteiger partial charge in [0.1, 0.15) is 11.4 Å². The SMILES string of the molecule is COc1ncc(C(F)(F)F)c(N(C)c2cccc(F)c2)n1. The number of anilines is 2. The molecule has 2 aromatic rings. The molecule has 0 spiro atoms. The second-order valence-corrected chi connectivity index (χ2v) is 4.13. The van der Waals surface area contributed by atoms with E-state index >= 15 is 0 Å². The van der Waals surface area contributed by atoms with Crippen molar-refractivity contribution in [1.82, 2.24) is 9.97 Å². The normalized spacial score (nSPS) is 11.3. The Labute approximate surface area is 118 Å². The molecule has 1 heterocycles. The summed E-state index contributed by atoms with van der Waals surface area (Å²) in [5.41, 5.74) is -0.809. The van der Waals surface area contributed by atoms with Gasteiger partial charge in [-0.05, 0) is 18.2 Å². The van der Waals surface area contributed by atoms with Gasteiger partial charge in [0.25, 0.3) is 0 Å². The Balaban J connectivity index is 2.55. The second kappa shape index (κ2) is 5.55. The van der Waals surface area contributed by atoms with Crippen LogP contribution in [0.3, 0.4) is 0 Å². The van der Waals surface area contributed by atoms with Crippen LogP contribution in [0.1, 0.15) is 5.56 Å². The van der Waals surface area contributed by atoms with Crippen LogP contribution in [0.25, 0.3) is 0 Å². The molecule has 0 aliphatic carbocycles. The monoisotopic (exact) mass is 301 g/mol. The fourth-order valence-corrected chi connectivity index (χ4v) is 1.72. The van der Waals surface area contributed by atoms with Crippen molar-refractivity contribution in [1.29, 1.82) is 0 Å². The Morgan fingerprint density at radius 1 is 1.24 bits per heavy atom. The number of methoxy groups -OCH3 is 1. The molecule has 1 aromatic heterocycles. The Morgan fingerprint density at radius 3 is 2.52 bits per heavy atom. The maximum absolute atomic E-state index is 13.2. The molecule has 0 atom stereocenters. The number of hydrogen-bond acceptors (Lipinski definition) is 4. The fraction of sp³-hybridized carbons (Fsp3) is 0.231. The van der Waals surface area contributed by atoms with E-state index in [4.69, 9.17) is 4.74 Å². The van der Waals surface area contributed by atoms with Gasteiger partial charge in [-0.2, -0.15) is 18.2 Å². The van der Waals surface area contributed by atoms with Crippen LogP contribution in [-0.2, 0) is 6.18 Å². The first-order chi connectivity index (χ1) is 9.82. The van der Waals surface area contributed by atoms with E-state index in [9.17, 15) is 17.6 Å². The summed E-state index contributed by atoms with van der Waals surface area (Å²) < 4.78 is 57.0. The van der Waals surface area contributed by atoms with E-state index in [0.29, 0.717) is 6.20 Å². The van der Waals surface area contributed by atoms with Crippen molar-refractivity contribution in [2.24, 2.45) is 0 Å². The van der Waals surface area contributed by atoms with Crippen LogP contribution in [0.15, 0.2) is 30.5 Å². The minimum absolute atomic E-state index is 0.207. The predicted octanol–water partition coefficient (Wildman–Crippen LogP) is 3.41. The standard InChI is InChI=1S/C13H11F4N3O/c1-20(9-5-3-4-8(14)6-9)11-10(13(15,16)17)7-18-12(19-11)21-2/h3-7H,1-2H3. The minimum atomic E-state index is -4.64. The quantitative estimate of drug-likeness (QED) is 0.814. The highest BCUT2D eigenvalue weighted by atomic mass is 19.4. The molecule has 0 fully saturated rings. The molecule has 0 aliphatic heterocycles. The molecule has 0 saturated carbocycles. The molecule has 8 heteroatoms. The lowest BCUT2D eigenvalue weighted by Crippen LogP contribution is -2.19. The number of alkyl halides is 3. The van der Waals surface area contributed by atoms with Crippen molar-refractivity contribution in [2.75, 3.05) is 19.1 Å². The highest BCUT2D eigenvalue weighted by Crippen LogP contribution is 2.37. The van der Waals surface area contributed by atoms with Crippen molar-refractivity contribution >= 4 is 11.5 Å². The zero-order valence-electron chi connectivity index (χ0n) is 11.1. The molecule has 0 aliphatic rings. The van der Waals surface area contributed by atoms with Crippen LogP contribution in [0.2, 0.25) is 0 Å². The van der Waals surface area contributed by atoms with E-state index in [1.165, 1.54) is 32.4 Å². The van der Waals surface area contributed by atoms with Gasteiger partial charge in [-0.15, -0.1) is 0 Å². The van der Waals surface area contributed by atoms with Gasteiger partial charge in [-0.3, -0.25) is 0 Å². The topological polar surface area (TPSA) is 38.2 Å². The first-order valence-electron chi connectivity index (χ1n) is 5.80. The summed E-state index contributed by atoms with van der Waals surface area (Å²) in [5.74, 6) is -0.978. The van der Waals surface area contributed by atoms with Gasteiger partial charge in [-0.25, -0.2) is 9.37 Å². The average Bonchev–Trinajstić information content (AvgIpc) is 2.44. The van der Waals surface area contributed by atoms with E-state index in [0.717, 1.165) is 11.0 Å². The van der Waals surface area contributed by atoms with Crippen molar-refractivity contribution in [3.63, 3.8) is 0 Å². The molecular formula is C13H11F4N3O. The zero-order valence-corrected chi connectivity index (χ0v) is 11.1. The molecule has 4 nitrogen and oxygen atoms in total. The van der Waals surface area contributed by atoms with Gasteiger partial charge in [0.15, 0.2) is 5.82 Å². The summed E-state index contributed by atoms with van der Waals surface area (Å²) in [6, 6.07) is 4.96. The smallest absolute Gasteiger partial charge is 0.421 e. The van der Waals surface area contributed by atoms with Crippen molar-refractivity contribution < 1.29 is 22.3 Å². The summed E-state index contributed by atoms with van der Waals surface area (Å²) >= 11 is 0. The van der Waals surface area contributed by atoms with E-state index in [2.05, 4.69) is 9.97 Å². The third-order valence-electron chi connectivity index (χ3n) is 2.75. The number of aromatic nitrogens is 2. The molecule has 0 saturated heterocycles. The molecular weight excluding hydrogens is 290 g/mol. The van der Waals surface area contributed by atoms with E-state index in [1.54, 1.807) is 0 Å². The number of ether oxygens (including phenoxy) is 1. The van der Waals surface area contributed by atoms with Crippen LogP contribution in [0, 0.1) is 5.82 Å². The number of benzene rings is 1. The molecule has 0 radical (unpaired) electrons. The van der Waals surface area contributed by atoms with Crippen LogP contribution >= 0.6 is 0 Å². The van der Waals surface area contributed by atoms with Gasteiger partial charge in [0.2, 0.25) is 0 Å². The summed E-state index contributed by atoms with van der Waals surface area (Å²) in [5, 5.41) is 0. The van der Waals surface area contributed by atoms with Gasteiger partial charge in [-0.1, -0.05) is 6.07 Å². The third kappa shape index (κ3) is 3.21. The Hall–Kier alpha value is -2.38. The minimum Gasteiger partial charge on any atom is -0.467 e. The average molecular weight is 301 g/mol. The number of halogens is 4. The Morgan fingerprint density at radius 2 is 1.95 bits per heavy atom. The predicted molar refractivity (Wildman–Crippen MR) is 68.0 cm³/mol. The number of nitrogens with zero attached hydrogens (tertiary/aromatic N) is 3. The van der Waals surface area contributed by atoms with E-state index in [-0.39, 0.29) is 11.7 Å².